The van der Waals surface area contributed by atoms with E-state index in [-0.39, 0.29) is 5.82 Å². The maximum absolute atomic E-state index is 13.2. The smallest absolute Gasteiger partial charge is 0.123 e. The van der Waals surface area contributed by atoms with E-state index in [9.17, 15) is 4.39 Å². The van der Waals surface area contributed by atoms with Gasteiger partial charge in [0.2, 0.25) is 0 Å². The van der Waals surface area contributed by atoms with E-state index >= 15 is 0 Å². The lowest BCUT2D eigenvalue weighted by Gasteiger charge is -2.06. The molecule has 17 heavy (non-hydrogen) atoms. The van der Waals surface area contributed by atoms with Crippen LogP contribution in [0.3, 0.4) is 0 Å². The number of thioether (sulfide) groups is 1. The quantitative estimate of drug-likeness (QED) is 0.666. The van der Waals surface area contributed by atoms with Gasteiger partial charge in [-0.05, 0) is 41.3 Å². The predicted molar refractivity (Wildman–Crippen MR) is 70.2 cm³/mol. The average Bonchev–Trinajstić information content (AvgIpc) is 2.49. The molecule has 1 heterocycles. The molecule has 1 aliphatic heterocycles. The fraction of sp³-hybridized carbons (Fsp3) is 0.143. The topological polar surface area (TPSA) is 0 Å². The molecular formula is C14H10ClFS. The van der Waals surface area contributed by atoms with Crippen LogP contribution in [0.25, 0.3) is 0 Å². The Bertz CT molecular complexity index is 580. The minimum absolute atomic E-state index is 0.165. The summed E-state index contributed by atoms with van der Waals surface area (Å²) in [5.74, 6) is 0.616. The Kier molecular flexibility index (Phi) is 2.85. The molecule has 0 unspecified atom stereocenters. The summed E-state index contributed by atoms with van der Waals surface area (Å²) in [5.41, 5.74) is 3.50. The Hall–Kier alpha value is -0.990. The Labute approximate surface area is 109 Å². The first kappa shape index (κ1) is 11.1. The highest BCUT2D eigenvalue weighted by atomic mass is 35.5. The summed E-state index contributed by atoms with van der Waals surface area (Å²) in [6.45, 7) is 0. The Morgan fingerprint density at radius 2 is 1.94 bits per heavy atom. The molecular weight excluding hydrogens is 255 g/mol. The minimum Gasteiger partial charge on any atom is -0.207 e. The van der Waals surface area contributed by atoms with E-state index in [0.717, 1.165) is 27.7 Å². The molecule has 0 saturated heterocycles. The van der Waals surface area contributed by atoms with Crippen molar-refractivity contribution >= 4 is 23.4 Å². The molecule has 1 aliphatic rings. The monoisotopic (exact) mass is 264 g/mol. The molecule has 0 amide bonds. The number of hydrogen-bond acceptors (Lipinski definition) is 1. The summed E-state index contributed by atoms with van der Waals surface area (Å²) in [5, 5.41) is 0.792. The van der Waals surface area contributed by atoms with Crippen molar-refractivity contribution in [1.82, 2.24) is 0 Å². The van der Waals surface area contributed by atoms with Gasteiger partial charge >= 0.3 is 0 Å². The molecule has 0 saturated carbocycles. The van der Waals surface area contributed by atoms with Crippen LogP contribution in [0.4, 0.5) is 4.39 Å². The second-order valence-corrected chi connectivity index (χ2v) is 5.50. The van der Waals surface area contributed by atoms with Gasteiger partial charge < -0.3 is 0 Å². The number of halogens is 2. The molecule has 0 aliphatic carbocycles. The van der Waals surface area contributed by atoms with Crippen molar-refractivity contribution < 1.29 is 4.39 Å². The maximum Gasteiger partial charge on any atom is 0.123 e. The van der Waals surface area contributed by atoms with Crippen molar-refractivity contribution in [3.63, 3.8) is 0 Å². The zero-order valence-electron chi connectivity index (χ0n) is 9.04. The summed E-state index contributed by atoms with van der Waals surface area (Å²) < 4.78 is 13.2. The maximum atomic E-state index is 13.2. The van der Waals surface area contributed by atoms with E-state index in [4.69, 9.17) is 11.6 Å². The lowest BCUT2D eigenvalue weighted by molar-refractivity contribution is 0.625. The Morgan fingerprint density at radius 3 is 2.82 bits per heavy atom. The fourth-order valence-electron chi connectivity index (χ4n) is 2.11. The van der Waals surface area contributed by atoms with Crippen LogP contribution >= 0.6 is 23.4 Å². The SMILES string of the molecule is Fc1ccc2c(c1)CSc1c(Cl)cccc1C2. The Balaban J connectivity index is 2.10. The lowest BCUT2D eigenvalue weighted by Crippen LogP contribution is -1.93. The van der Waals surface area contributed by atoms with Gasteiger partial charge in [-0.25, -0.2) is 4.39 Å². The first-order valence-corrected chi connectivity index (χ1v) is 6.78. The van der Waals surface area contributed by atoms with E-state index < -0.39 is 0 Å². The van der Waals surface area contributed by atoms with Gasteiger partial charge in [0.25, 0.3) is 0 Å². The summed E-state index contributed by atoms with van der Waals surface area (Å²) >= 11 is 7.88. The molecule has 0 fully saturated rings. The normalized spacial score (nSPS) is 13.8. The molecule has 0 spiro atoms. The molecule has 86 valence electrons. The van der Waals surface area contributed by atoms with Crippen molar-refractivity contribution in [1.29, 1.82) is 0 Å². The highest BCUT2D eigenvalue weighted by Gasteiger charge is 2.16. The second kappa shape index (κ2) is 4.35. The molecule has 0 nitrogen and oxygen atoms in total. The summed E-state index contributed by atoms with van der Waals surface area (Å²) in [6.07, 6.45) is 0.832. The van der Waals surface area contributed by atoms with Gasteiger partial charge in [0.1, 0.15) is 5.82 Å². The van der Waals surface area contributed by atoms with Crippen molar-refractivity contribution in [2.75, 3.05) is 0 Å². The number of rotatable bonds is 0. The summed E-state index contributed by atoms with van der Waals surface area (Å²) in [6, 6.07) is 11.0. The van der Waals surface area contributed by atoms with Crippen LogP contribution in [0.1, 0.15) is 16.7 Å². The van der Waals surface area contributed by atoms with Gasteiger partial charge in [-0.2, -0.15) is 0 Å². The van der Waals surface area contributed by atoms with Crippen molar-refractivity contribution in [3.05, 3.63) is 63.9 Å². The highest BCUT2D eigenvalue weighted by Crippen LogP contribution is 2.38. The van der Waals surface area contributed by atoms with Gasteiger partial charge in [-0.15, -0.1) is 11.8 Å². The van der Waals surface area contributed by atoms with Crippen molar-refractivity contribution in [3.8, 4) is 0 Å². The first-order chi connectivity index (χ1) is 8.24. The van der Waals surface area contributed by atoms with E-state index in [2.05, 4.69) is 6.07 Å². The summed E-state index contributed by atoms with van der Waals surface area (Å²) in [7, 11) is 0. The van der Waals surface area contributed by atoms with Crippen LogP contribution in [0, 0.1) is 5.82 Å². The van der Waals surface area contributed by atoms with Crippen molar-refractivity contribution in [2.24, 2.45) is 0 Å². The van der Waals surface area contributed by atoms with Crippen molar-refractivity contribution in [2.45, 2.75) is 17.1 Å². The molecule has 2 aromatic rings. The van der Waals surface area contributed by atoms with E-state index in [1.165, 1.54) is 17.2 Å². The third kappa shape index (κ3) is 2.07. The van der Waals surface area contributed by atoms with Crippen LogP contribution in [-0.2, 0) is 12.2 Å². The molecule has 0 bridgehead atoms. The van der Waals surface area contributed by atoms with E-state index in [1.54, 1.807) is 17.8 Å². The van der Waals surface area contributed by atoms with E-state index in [1.807, 2.05) is 18.2 Å². The van der Waals surface area contributed by atoms with Crippen LogP contribution < -0.4 is 0 Å². The third-order valence-corrected chi connectivity index (χ3v) is 4.62. The first-order valence-electron chi connectivity index (χ1n) is 5.41. The van der Waals surface area contributed by atoms with Gasteiger partial charge in [0.05, 0.1) is 5.02 Å². The van der Waals surface area contributed by atoms with Gasteiger partial charge in [-0.3, -0.25) is 0 Å². The largest absolute Gasteiger partial charge is 0.207 e. The third-order valence-electron chi connectivity index (χ3n) is 2.97. The van der Waals surface area contributed by atoms with E-state index in [0.29, 0.717) is 0 Å². The lowest BCUT2D eigenvalue weighted by atomic mass is 10.0. The van der Waals surface area contributed by atoms with Gasteiger partial charge in [0, 0.05) is 10.6 Å². The fourth-order valence-corrected chi connectivity index (χ4v) is 3.57. The van der Waals surface area contributed by atoms with Gasteiger partial charge in [-0.1, -0.05) is 29.8 Å². The van der Waals surface area contributed by atoms with Crippen LogP contribution in [0.2, 0.25) is 5.02 Å². The van der Waals surface area contributed by atoms with Gasteiger partial charge in [0.15, 0.2) is 0 Å². The molecule has 2 aromatic carbocycles. The molecule has 0 radical (unpaired) electrons. The average molecular weight is 265 g/mol. The number of benzene rings is 2. The predicted octanol–water partition coefficient (Wildman–Crippen LogP) is 4.68. The zero-order valence-corrected chi connectivity index (χ0v) is 10.6. The number of hydrogen-bond donors (Lipinski definition) is 0. The molecule has 3 rings (SSSR count). The molecule has 0 atom stereocenters. The standard InChI is InChI=1S/C14H10ClFS/c15-13-3-1-2-10-6-9-4-5-12(16)7-11(9)8-17-14(10)13/h1-5,7H,6,8H2. The van der Waals surface area contributed by atoms with Crippen LogP contribution in [0.5, 0.6) is 0 Å². The molecule has 0 aromatic heterocycles. The minimum atomic E-state index is -0.165. The molecule has 0 N–H and O–H groups in total. The highest BCUT2D eigenvalue weighted by molar-refractivity contribution is 7.98. The summed E-state index contributed by atoms with van der Waals surface area (Å²) in [4.78, 5) is 1.13. The van der Waals surface area contributed by atoms with Crippen LogP contribution in [-0.4, -0.2) is 0 Å². The number of fused-ring (bicyclic) bond motifs is 2. The Morgan fingerprint density at radius 1 is 1.06 bits per heavy atom. The zero-order chi connectivity index (χ0) is 11.8. The molecule has 3 heteroatoms. The second-order valence-electron chi connectivity index (χ2n) is 4.11. The van der Waals surface area contributed by atoms with Crippen LogP contribution in [0.15, 0.2) is 41.3 Å².